The number of nitrogens with zero attached hydrogens (tertiary/aromatic N) is 3. The molecule has 1 fully saturated rings. The molecule has 3 aromatic rings. The van der Waals surface area contributed by atoms with E-state index in [1.54, 1.807) is 6.08 Å². The number of likely N-dealkylation sites (N-methyl/N-ethyl adjacent to an activating group) is 1. The molecule has 1 aliphatic heterocycles. The Bertz CT molecular complexity index is 1240. The fourth-order valence-corrected chi connectivity index (χ4v) is 3.53. The fourth-order valence-electron chi connectivity index (χ4n) is 3.53. The number of hydrogen-bond donors (Lipinski definition) is 2. The van der Waals surface area contributed by atoms with E-state index >= 15 is 0 Å². The Morgan fingerprint density at radius 1 is 1.32 bits per heavy atom. The SMILES string of the molecule is C#Cc1cccc(Nc2ncnc3cc(O[C@@H]4CCOC4)c(NC(=O)C=CCN(C)C)cc23)c1. The molecule has 1 atom stereocenters. The number of nitrogens with one attached hydrogen (secondary N) is 2. The van der Waals surface area contributed by atoms with Crippen LogP contribution in [-0.2, 0) is 9.53 Å². The van der Waals surface area contributed by atoms with Crippen molar-refractivity contribution in [2.24, 2.45) is 0 Å². The summed E-state index contributed by atoms with van der Waals surface area (Å²) in [7, 11) is 3.88. The Labute approximate surface area is 199 Å². The van der Waals surface area contributed by atoms with Gasteiger partial charge in [0.1, 0.15) is 24.0 Å². The fraction of sp³-hybridized carbons (Fsp3) is 0.269. The minimum Gasteiger partial charge on any atom is -0.486 e. The van der Waals surface area contributed by atoms with Gasteiger partial charge in [-0.1, -0.05) is 18.1 Å². The van der Waals surface area contributed by atoms with Crippen LogP contribution >= 0.6 is 0 Å². The van der Waals surface area contributed by atoms with Crippen LogP contribution < -0.4 is 15.4 Å². The van der Waals surface area contributed by atoms with Crippen molar-refractivity contribution in [1.29, 1.82) is 0 Å². The van der Waals surface area contributed by atoms with E-state index in [0.29, 0.717) is 42.5 Å². The van der Waals surface area contributed by atoms with Crippen molar-refractivity contribution in [2.45, 2.75) is 12.5 Å². The highest BCUT2D eigenvalue weighted by atomic mass is 16.5. The molecular weight excluding hydrogens is 430 g/mol. The quantitative estimate of drug-likeness (QED) is 0.395. The molecule has 1 aliphatic rings. The summed E-state index contributed by atoms with van der Waals surface area (Å²) < 4.78 is 11.6. The maximum absolute atomic E-state index is 12.6. The zero-order valence-corrected chi connectivity index (χ0v) is 19.2. The average molecular weight is 458 g/mol. The highest BCUT2D eigenvalue weighted by molar-refractivity contribution is 6.03. The third-order valence-electron chi connectivity index (χ3n) is 5.21. The Morgan fingerprint density at radius 2 is 2.21 bits per heavy atom. The minimum absolute atomic E-state index is 0.0803. The second-order valence-corrected chi connectivity index (χ2v) is 8.20. The van der Waals surface area contributed by atoms with Crippen LogP contribution in [-0.4, -0.2) is 60.7 Å². The lowest BCUT2D eigenvalue weighted by molar-refractivity contribution is -0.111. The predicted molar refractivity (Wildman–Crippen MR) is 133 cm³/mol. The predicted octanol–water partition coefficient (Wildman–Crippen LogP) is 3.58. The number of rotatable bonds is 8. The molecule has 0 spiro atoms. The van der Waals surface area contributed by atoms with Crippen molar-refractivity contribution < 1.29 is 14.3 Å². The Balaban J connectivity index is 1.68. The van der Waals surface area contributed by atoms with Gasteiger partial charge in [0, 0.05) is 41.7 Å². The molecule has 1 saturated heterocycles. The molecule has 4 rings (SSSR count). The molecule has 34 heavy (non-hydrogen) atoms. The maximum atomic E-state index is 12.6. The van der Waals surface area contributed by atoms with Crippen LogP contribution in [0.1, 0.15) is 12.0 Å². The van der Waals surface area contributed by atoms with Crippen molar-refractivity contribution in [3.63, 3.8) is 0 Å². The van der Waals surface area contributed by atoms with Crippen LogP contribution in [0.3, 0.4) is 0 Å². The minimum atomic E-state index is -0.248. The molecule has 2 aromatic carbocycles. The zero-order chi connectivity index (χ0) is 23.9. The summed E-state index contributed by atoms with van der Waals surface area (Å²) in [6.45, 7) is 1.82. The highest BCUT2D eigenvalue weighted by Gasteiger charge is 2.20. The van der Waals surface area contributed by atoms with Gasteiger partial charge in [-0.2, -0.15) is 0 Å². The van der Waals surface area contributed by atoms with Gasteiger partial charge in [-0.15, -0.1) is 6.42 Å². The summed E-state index contributed by atoms with van der Waals surface area (Å²) in [5, 5.41) is 6.97. The number of hydrogen-bond acceptors (Lipinski definition) is 7. The van der Waals surface area contributed by atoms with Gasteiger partial charge in [0.2, 0.25) is 5.91 Å². The number of aromatic nitrogens is 2. The van der Waals surface area contributed by atoms with E-state index in [9.17, 15) is 4.79 Å². The van der Waals surface area contributed by atoms with Gasteiger partial charge in [0.15, 0.2) is 0 Å². The third kappa shape index (κ3) is 5.90. The van der Waals surface area contributed by atoms with E-state index in [-0.39, 0.29) is 12.0 Å². The molecule has 0 aliphatic carbocycles. The second-order valence-electron chi connectivity index (χ2n) is 8.20. The number of anilines is 3. The van der Waals surface area contributed by atoms with Gasteiger partial charge in [-0.05, 0) is 38.4 Å². The third-order valence-corrected chi connectivity index (χ3v) is 5.21. The van der Waals surface area contributed by atoms with Gasteiger partial charge in [0.05, 0.1) is 24.4 Å². The van der Waals surface area contributed by atoms with Crippen molar-refractivity contribution in [3.05, 3.63) is 60.4 Å². The standard InChI is InChI=1S/C26H27N5O3/c1-4-18-7-5-8-19(13-18)29-26-21-14-23(30-25(32)9-6-11-31(2)3)24(15-22(21)27-17-28-26)34-20-10-12-33-16-20/h1,5-9,13-15,17,20H,10-12,16H2,2-3H3,(H,30,32)(H,27,28,29)/t20-/m1/s1. The normalized spacial score (nSPS) is 15.5. The van der Waals surface area contributed by atoms with E-state index in [1.165, 1.54) is 12.4 Å². The highest BCUT2D eigenvalue weighted by Crippen LogP contribution is 2.34. The first-order valence-corrected chi connectivity index (χ1v) is 11.0. The first-order valence-electron chi connectivity index (χ1n) is 11.0. The summed E-state index contributed by atoms with van der Waals surface area (Å²) >= 11 is 0. The van der Waals surface area contributed by atoms with E-state index < -0.39 is 0 Å². The molecular formula is C26H27N5O3. The molecule has 1 aromatic heterocycles. The number of terminal acetylenes is 1. The van der Waals surface area contributed by atoms with Crippen LogP contribution in [0, 0.1) is 12.3 Å². The summed E-state index contributed by atoms with van der Waals surface area (Å²) in [6.07, 6.45) is 11.0. The average Bonchev–Trinajstić information content (AvgIpc) is 3.33. The zero-order valence-electron chi connectivity index (χ0n) is 19.2. The lowest BCUT2D eigenvalue weighted by atomic mass is 10.1. The number of fused-ring (bicyclic) bond motifs is 1. The van der Waals surface area contributed by atoms with Crippen molar-refractivity contribution in [1.82, 2.24) is 14.9 Å². The number of carbonyl (C=O) groups excluding carboxylic acids is 1. The van der Waals surface area contributed by atoms with Gasteiger partial charge in [-0.3, -0.25) is 4.79 Å². The molecule has 0 unspecified atom stereocenters. The molecule has 2 heterocycles. The number of ether oxygens (including phenoxy) is 2. The van der Waals surface area contributed by atoms with Gasteiger partial charge in [0.25, 0.3) is 0 Å². The number of carbonyl (C=O) groups is 1. The van der Waals surface area contributed by atoms with Crippen molar-refractivity contribution in [2.75, 3.05) is 44.5 Å². The monoisotopic (exact) mass is 457 g/mol. The molecule has 0 radical (unpaired) electrons. The van der Waals surface area contributed by atoms with Crippen molar-refractivity contribution >= 4 is 34.0 Å². The van der Waals surface area contributed by atoms with E-state index in [2.05, 4.69) is 26.5 Å². The molecule has 8 nitrogen and oxygen atoms in total. The molecule has 2 N–H and O–H groups in total. The summed E-state index contributed by atoms with van der Waals surface area (Å²) in [6, 6.07) is 11.1. The second kappa shape index (κ2) is 10.8. The van der Waals surface area contributed by atoms with Crippen LogP contribution in [0.25, 0.3) is 10.9 Å². The maximum Gasteiger partial charge on any atom is 0.248 e. The Morgan fingerprint density at radius 3 is 2.97 bits per heavy atom. The van der Waals surface area contributed by atoms with E-state index in [4.69, 9.17) is 15.9 Å². The number of benzene rings is 2. The van der Waals surface area contributed by atoms with Crippen LogP contribution in [0.4, 0.5) is 17.2 Å². The summed E-state index contributed by atoms with van der Waals surface area (Å²) in [5.41, 5.74) is 2.78. The number of amides is 1. The topological polar surface area (TPSA) is 88.6 Å². The van der Waals surface area contributed by atoms with E-state index in [0.717, 1.165) is 23.1 Å². The summed E-state index contributed by atoms with van der Waals surface area (Å²) in [4.78, 5) is 23.4. The van der Waals surface area contributed by atoms with Crippen molar-refractivity contribution in [3.8, 4) is 18.1 Å². The molecule has 1 amide bonds. The van der Waals surface area contributed by atoms with Crippen LogP contribution in [0.2, 0.25) is 0 Å². The largest absolute Gasteiger partial charge is 0.486 e. The van der Waals surface area contributed by atoms with Gasteiger partial charge < -0.3 is 25.0 Å². The lowest BCUT2D eigenvalue weighted by Crippen LogP contribution is -2.18. The van der Waals surface area contributed by atoms with Gasteiger partial charge in [-0.25, -0.2) is 9.97 Å². The first-order chi connectivity index (χ1) is 16.5. The molecule has 0 bridgehead atoms. The molecule has 0 saturated carbocycles. The van der Waals surface area contributed by atoms with Gasteiger partial charge >= 0.3 is 0 Å². The molecule has 8 heteroatoms. The smallest absolute Gasteiger partial charge is 0.248 e. The van der Waals surface area contributed by atoms with E-state index in [1.807, 2.05) is 55.4 Å². The Kier molecular flexibility index (Phi) is 7.38. The molecule has 174 valence electrons. The Hall–Kier alpha value is -3.93. The van der Waals surface area contributed by atoms with Crippen LogP contribution in [0.5, 0.6) is 5.75 Å². The first kappa shape index (κ1) is 23.2. The summed E-state index contributed by atoms with van der Waals surface area (Å²) in [5.74, 6) is 3.51. The van der Waals surface area contributed by atoms with Crippen LogP contribution in [0.15, 0.2) is 54.9 Å². The lowest BCUT2D eigenvalue weighted by Gasteiger charge is -2.17.